The van der Waals surface area contributed by atoms with E-state index in [4.69, 9.17) is 25.9 Å². The van der Waals surface area contributed by atoms with Crippen LogP contribution >= 0.6 is 11.6 Å². The Labute approximate surface area is 205 Å². The van der Waals surface area contributed by atoms with Crippen molar-refractivity contribution < 1.29 is 19.4 Å². The summed E-state index contributed by atoms with van der Waals surface area (Å²) in [7, 11) is 1.65. The minimum absolute atomic E-state index is 0.112. The lowest BCUT2D eigenvalue weighted by Gasteiger charge is -2.27. The Bertz CT molecular complexity index is 1080. The van der Waals surface area contributed by atoms with Crippen molar-refractivity contribution in [3.63, 3.8) is 0 Å². The standard InChI is InChI=1S/C27H29ClN2O4/c1-32-24-12-10-21(11-13-24)27-15-26(34-29-27)18-30(16-20-6-5-7-22(28)14-20)17-23(31)19-33-25-8-3-2-4-9-25/h2-14,23,26,31H,15-19H2,1H3. The van der Waals surface area contributed by atoms with E-state index in [1.165, 1.54) is 0 Å². The number of benzene rings is 3. The summed E-state index contributed by atoms with van der Waals surface area (Å²) in [5.74, 6) is 1.54. The van der Waals surface area contributed by atoms with E-state index in [1.807, 2.05) is 78.9 Å². The van der Waals surface area contributed by atoms with Crippen molar-refractivity contribution in [3.05, 3.63) is 95.0 Å². The summed E-state index contributed by atoms with van der Waals surface area (Å²) in [6.07, 6.45) is -0.0871. The monoisotopic (exact) mass is 480 g/mol. The highest BCUT2D eigenvalue weighted by molar-refractivity contribution is 6.30. The first-order valence-electron chi connectivity index (χ1n) is 11.3. The summed E-state index contributed by atoms with van der Waals surface area (Å²) in [5.41, 5.74) is 2.99. The molecule has 0 saturated heterocycles. The number of para-hydroxylation sites is 1. The maximum atomic E-state index is 10.7. The van der Waals surface area contributed by atoms with Gasteiger partial charge in [0, 0.05) is 31.1 Å². The van der Waals surface area contributed by atoms with Crippen LogP contribution in [0.4, 0.5) is 0 Å². The summed E-state index contributed by atoms with van der Waals surface area (Å²) >= 11 is 6.19. The molecule has 1 aliphatic rings. The SMILES string of the molecule is COc1ccc(C2=NOC(CN(Cc3cccc(Cl)c3)CC(O)COc3ccccc3)C2)cc1. The lowest BCUT2D eigenvalue weighted by Crippen LogP contribution is -2.39. The molecule has 0 aromatic heterocycles. The molecule has 1 heterocycles. The molecule has 1 N–H and O–H groups in total. The van der Waals surface area contributed by atoms with Gasteiger partial charge < -0.3 is 19.4 Å². The van der Waals surface area contributed by atoms with Gasteiger partial charge in [0.15, 0.2) is 0 Å². The van der Waals surface area contributed by atoms with Gasteiger partial charge in [0.05, 0.1) is 12.8 Å². The zero-order chi connectivity index (χ0) is 23.8. The van der Waals surface area contributed by atoms with Crippen LogP contribution in [0.2, 0.25) is 5.02 Å². The Balaban J connectivity index is 1.37. The van der Waals surface area contributed by atoms with E-state index in [9.17, 15) is 5.11 Å². The Morgan fingerprint density at radius 1 is 1.06 bits per heavy atom. The first-order chi connectivity index (χ1) is 16.6. The van der Waals surface area contributed by atoms with Crippen LogP contribution in [0, 0.1) is 0 Å². The average molecular weight is 481 g/mol. The molecule has 2 atom stereocenters. The molecular weight excluding hydrogens is 452 g/mol. The smallest absolute Gasteiger partial charge is 0.145 e. The van der Waals surface area contributed by atoms with Crippen LogP contribution in [-0.4, -0.2) is 54.7 Å². The molecule has 3 aromatic rings. The fraction of sp³-hybridized carbons (Fsp3) is 0.296. The van der Waals surface area contributed by atoms with Crippen LogP contribution in [0.1, 0.15) is 17.5 Å². The molecule has 178 valence electrons. The summed E-state index contributed by atoms with van der Waals surface area (Å²) in [6, 6.07) is 25.1. The van der Waals surface area contributed by atoms with Crippen molar-refractivity contribution in [1.29, 1.82) is 0 Å². The highest BCUT2D eigenvalue weighted by Gasteiger charge is 2.26. The predicted octanol–water partition coefficient (Wildman–Crippen LogP) is 4.78. The third-order valence-electron chi connectivity index (χ3n) is 5.57. The molecule has 1 aliphatic heterocycles. The van der Waals surface area contributed by atoms with E-state index in [0.29, 0.717) is 31.1 Å². The lowest BCUT2D eigenvalue weighted by atomic mass is 10.0. The fourth-order valence-electron chi connectivity index (χ4n) is 3.93. The molecule has 0 spiro atoms. The van der Waals surface area contributed by atoms with Crippen LogP contribution in [0.25, 0.3) is 0 Å². The molecule has 0 fully saturated rings. The number of halogens is 1. The summed E-state index contributed by atoms with van der Waals surface area (Å²) in [6.45, 7) is 1.87. The zero-order valence-electron chi connectivity index (χ0n) is 19.1. The van der Waals surface area contributed by atoms with Crippen molar-refractivity contribution >= 4 is 17.3 Å². The lowest BCUT2D eigenvalue weighted by molar-refractivity contribution is 0.0213. The molecule has 7 heteroatoms. The number of rotatable bonds is 11. The average Bonchev–Trinajstić information content (AvgIpc) is 3.32. The molecule has 4 rings (SSSR count). The number of ether oxygens (including phenoxy) is 2. The van der Waals surface area contributed by atoms with Gasteiger partial charge in [-0.15, -0.1) is 0 Å². The van der Waals surface area contributed by atoms with Crippen molar-refractivity contribution in [2.45, 2.75) is 25.2 Å². The van der Waals surface area contributed by atoms with Crippen LogP contribution in [0.5, 0.6) is 11.5 Å². The third kappa shape index (κ3) is 6.97. The van der Waals surface area contributed by atoms with Gasteiger partial charge in [-0.05, 0) is 59.7 Å². The largest absolute Gasteiger partial charge is 0.497 e. The highest BCUT2D eigenvalue weighted by Crippen LogP contribution is 2.21. The topological polar surface area (TPSA) is 63.5 Å². The third-order valence-corrected chi connectivity index (χ3v) is 5.80. The Hall–Kier alpha value is -3.06. The Kier molecular flexibility index (Phi) is 8.41. The Morgan fingerprint density at radius 2 is 1.85 bits per heavy atom. The number of nitrogens with zero attached hydrogens (tertiary/aromatic N) is 2. The molecule has 2 unspecified atom stereocenters. The molecule has 0 aliphatic carbocycles. The van der Waals surface area contributed by atoms with Crippen LogP contribution in [-0.2, 0) is 11.4 Å². The van der Waals surface area contributed by atoms with E-state index in [2.05, 4.69) is 10.1 Å². The summed E-state index contributed by atoms with van der Waals surface area (Å²) < 4.78 is 11.0. The maximum absolute atomic E-state index is 10.7. The van der Waals surface area contributed by atoms with Gasteiger partial charge in [-0.2, -0.15) is 0 Å². The van der Waals surface area contributed by atoms with Gasteiger partial charge in [0.1, 0.15) is 30.3 Å². The maximum Gasteiger partial charge on any atom is 0.145 e. The summed E-state index contributed by atoms with van der Waals surface area (Å²) in [5, 5.41) is 15.7. The second-order valence-electron chi connectivity index (χ2n) is 8.30. The second-order valence-corrected chi connectivity index (χ2v) is 8.74. The fourth-order valence-corrected chi connectivity index (χ4v) is 4.14. The van der Waals surface area contributed by atoms with E-state index < -0.39 is 6.10 Å². The van der Waals surface area contributed by atoms with Gasteiger partial charge in [-0.25, -0.2) is 0 Å². The molecule has 0 bridgehead atoms. The van der Waals surface area contributed by atoms with Crippen molar-refractivity contribution in [3.8, 4) is 11.5 Å². The predicted molar refractivity (Wildman–Crippen MR) is 134 cm³/mol. The molecule has 0 saturated carbocycles. The Morgan fingerprint density at radius 3 is 2.59 bits per heavy atom. The van der Waals surface area contributed by atoms with Gasteiger partial charge in [0.25, 0.3) is 0 Å². The van der Waals surface area contributed by atoms with Gasteiger partial charge in [-0.1, -0.05) is 47.1 Å². The number of hydrogen-bond donors (Lipinski definition) is 1. The first kappa shape index (κ1) is 24.1. The van der Waals surface area contributed by atoms with Crippen molar-refractivity contribution in [1.82, 2.24) is 4.90 Å². The van der Waals surface area contributed by atoms with E-state index in [-0.39, 0.29) is 12.7 Å². The molecule has 3 aromatic carbocycles. The van der Waals surface area contributed by atoms with Crippen molar-refractivity contribution in [2.75, 3.05) is 26.8 Å². The minimum Gasteiger partial charge on any atom is -0.497 e. The van der Waals surface area contributed by atoms with Gasteiger partial charge >= 0.3 is 0 Å². The highest BCUT2D eigenvalue weighted by atomic mass is 35.5. The normalized spacial score (nSPS) is 16.1. The van der Waals surface area contributed by atoms with E-state index in [1.54, 1.807) is 7.11 Å². The number of aliphatic hydroxyl groups is 1. The number of oxime groups is 1. The number of methoxy groups -OCH3 is 1. The van der Waals surface area contributed by atoms with Crippen LogP contribution < -0.4 is 9.47 Å². The van der Waals surface area contributed by atoms with E-state index in [0.717, 1.165) is 28.3 Å². The quantitative estimate of drug-likeness (QED) is 0.427. The second kappa shape index (κ2) is 11.9. The van der Waals surface area contributed by atoms with Crippen molar-refractivity contribution in [2.24, 2.45) is 5.16 Å². The minimum atomic E-state index is -0.664. The molecule has 0 radical (unpaired) electrons. The van der Waals surface area contributed by atoms with Crippen LogP contribution in [0.3, 0.4) is 0 Å². The van der Waals surface area contributed by atoms with Gasteiger partial charge in [0.2, 0.25) is 0 Å². The molecule has 34 heavy (non-hydrogen) atoms. The number of hydrogen-bond acceptors (Lipinski definition) is 6. The zero-order valence-corrected chi connectivity index (χ0v) is 19.9. The molecule has 6 nitrogen and oxygen atoms in total. The molecular formula is C27H29ClN2O4. The van der Waals surface area contributed by atoms with Gasteiger partial charge in [-0.3, -0.25) is 4.90 Å². The molecule has 0 amide bonds. The van der Waals surface area contributed by atoms with E-state index >= 15 is 0 Å². The summed E-state index contributed by atoms with van der Waals surface area (Å²) in [4.78, 5) is 7.91. The van der Waals surface area contributed by atoms with Crippen LogP contribution in [0.15, 0.2) is 84.0 Å². The first-order valence-corrected chi connectivity index (χ1v) is 11.7. The number of aliphatic hydroxyl groups excluding tert-OH is 1.